The minimum Gasteiger partial charge on any atom is -0.448 e. The predicted molar refractivity (Wildman–Crippen MR) is 126 cm³/mol. The van der Waals surface area contributed by atoms with Crippen LogP contribution in [0.3, 0.4) is 0 Å². The number of aryl methyl sites for hydroxylation is 2. The third-order valence-electron chi connectivity index (χ3n) is 6.15. The van der Waals surface area contributed by atoms with Crippen molar-refractivity contribution >= 4 is 34.3 Å². The highest BCUT2D eigenvalue weighted by Gasteiger charge is 2.29. The third kappa shape index (κ3) is 4.53. The van der Waals surface area contributed by atoms with Gasteiger partial charge in [0.05, 0.1) is 0 Å². The number of nitrogens with zero attached hydrogens (tertiary/aromatic N) is 2. The zero-order chi connectivity index (χ0) is 22.8. The molecule has 168 valence electrons. The highest BCUT2D eigenvalue weighted by Crippen LogP contribution is 2.34. The van der Waals surface area contributed by atoms with E-state index in [1.165, 1.54) is 0 Å². The number of amides is 2. The molecule has 0 spiro atoms. The van der Waals surface area contributed by atoms with Crippen molar-refractivity contribution in [3.63, 3.8) is 0 Å². The summed E-state index contributed by atoms with van der Waals surface area (Å²) in [4.78, 5) is 32.8. The maximum absolute atomic E-state index is 13.1. The number of pyridine rings is 1. The van der Waals surface area contributed by atoms with E-state index in [1.807, 2.05) is 38.1 Å². The number of carbonyl (C=O) groups is 2. The highest BCUT2D eigenvalue weighted by atomic mass is 16.3. The molecule has 2 N–H and O–H groups in total. The number of likely N-dealkylation sites (tertiary alicyclic amines) is 1. The molecule has 0 saturated carbocycles. The van der Waals surface area contributed by atoms with Gasteiger partial charge in [-0.1, -0.05) is 18.2 Å². The first-order valence-corrected chi connectivity index (χ1v) is 11.1. The molecule has 0 radical (unpaired) electrons. The minimum absolute atomic E-state index is 0.0693. The first-order chi connectivity index (χ1) is 15.3. The Hall–Kier alpha value is -3.19. The van der Waals surface area contributed by atoms with Crippen LogP contribution < -0.4 is 10.6 Å². The standard InChI is InChI=1S/C25H30N4O3/c1-15(2)29-12-10-18(11-13-29)24(30)28-21-19-7-5-6-17(4)22(19)32-23(21)25(31)27-20-9-8-16(3)14-26-20/h5-9,14-15,18H,10-13H2,1-4H3,(H,28,30)(H,26,27,31). The average molecular weight is 435 g/mol. The van der Waals surface area contributed by atoms with E-state index in [4.69, 9.17) is 4.42 Å². The van der Waals surface area contributed by atoms with Crippen LogP contribution in [0.1, 0.15) is 48.4 Å². The molecule has 1 aromatic carbocycles. The fourth-order valence-corrected chi connectivity index (χ4v) is 4.16. The molecule has 1 aliphatic heterocycles. The Morgan fingerprint density at radius 1 is 1.09 bits per heavy atom. The SMILES string of the molecule is Cc1ccc(NC(=O)c2oc3c(C)cccc3c2NC(=O)C2CCN(C(C)C)CC2)nc1. The lowest BCUT2D eigenvalue weighted by Crippen LogP contribution is -2.41. The van der Waals surface area contributed by atoms with Gasteiger partial charge < -0.3 is 20.0 Å². The Morgan fingerprint density at radius 3 is 2.50 bits per heavy atom. The summed E-state index contributed by atoms with van der Waals surface area (Å²) in [7, 11) is 0. The van der Waals surface area contributed by atoms with E-state index < -0.39 is 5.91 Å². The monoisotopic (exact) mass is 434 g/mol. The molecule has 1 fully saturated rings. The molecule has 1 saturated heterocycles. The molecule has 7 nitrogen and oxygen atoms in total. The van der Waals surface area contributed by atoms with Crippen molar-refractivity contribution in [2.45, 2.75) is 46.6 Å². The maximum Gasteiger partial charge on any atom is 0.294 e. The number of fused-ring (bicyclic) bond motifs is 1. The normalized spacial score (nSPS) is 15.3. The largest absolute Gasteiger partial charge is 0.448 e. The summed E-state index contributed by atoms with van der Waals surface area (Å²) in [5, 5.41) is 6.52. The van der Waals surface area contributed by atoms with E-state index in [9.17, 15) is 9.59 Å². The van der Waals surface area contributed by atoms with Gasteiger partial charge >= 0.3 is 0 Å². The van der Waals surface area contributed by atoms with Crippen molar-refractivity contribution in [1.82, 2.24) is 9.88 Å². The number of hydrogen-bond donors (Lipinski definition) is 2. The van der Waals surface area contributed by atoms with Gasteiger partial charge in [0.1, 0.15) is 17.1 Å². The maximum atomic E-state index is 13.1. The van der Waals surface area contributed by atoms with Crippen LogP contribution in [0.15, 0.2) is 40.9 Å². The Kier molecular flexibility index (Phi) is 6.28. The number of piperidine rings is 1. The van der Waals surface area contributed by atoms with Crippen molar-refractivity contribution in [3.05, 3.63) is 53.4 Å². The smallest absolute Gasteiger partial charge is 0.294 e. The van der Waals surface area contributed by atoms with Crippen molar-refractivity contribution in [3.8, 4) is 0 Å². The van der Waals surface area contributed by atoms with Crippen LogP contribution in [0.4, 0.5) is 11.5 Å². The van der Waals surface area contributed by atoms with Gasteiger partial charge in [-0.3, -0.25) is 9.59 Å². The van der Waals surface area contributed by atoms with Gasteiger partial charge in [-0.2, -0.15) is 0 Å². The van der Waals surface area contributed by atoms with Gasteiger partial charge in [0.25, 0.3) is 5.91 Å². The van der Waals surface area contributed by atoms with Gasteiger partial charge in [-0.25, -0.2) is 4.98 Å². The molecule has 1 aliphatic rings. The number of rotatable bonds is 5. The molecule has 32 heavy (non-hydrogen) atoms. The number of para-hydroxylation sites is 1. The molecular formula is C25H30N4O3. The van der Waals surface area contributed by atoms with Gasteiger partial charge in [0, 0.05) is 23.5 Å². The van der Waals surface area contributed by atoms with Crippen LogP contribution in [0.2, 0.25) is 0 Å². The molecule has 7 heteroatoms. The Bertz CT molecular complexity index is 1130. The molecule has 0 bridgehead atoms. The number of carbonyl (C=O) groups excluding carboxylic acids is 2. The molecule has 0 unspecified atom stereocenters. The molecule has 2 aromatic heterocycles. The summed E-state index contributed by atoms with van der Waals surface area (Å²) in [6.45, 7) is 9.99. The first kappa shape index (κ1) is 22.0. The fraction of sp³-hybridized carbons (Fsp3) is 0.400. The van der Waals surface area contributed by atoms with Crippen LogP contribution in [0.25, 0.3) is 11.0 Å². The minimum atomic E-state index is -0.443. The number of benzene rings is 1. The van der Waals surface area contributed by atoms with E-state index in [0.717, 1.165) is 42.4 Å². The van der Waals surface area contributed by atoms with Crippen molar-refractivity contribution in [2.24, 2.45) is 5.92 Å². The number of nitrogens with one attached hydrogen (secondary N) is 2. The molecule has 2 amide bonds. The number of anilines is 2. The quantitative estimate of drug-likeness (QED) is 0.605. The fourth-order valence-electron chi connectivity index (χ4n) is 4.16. The Morgan fingerprint density at radius 2 is 1.84 bits per heavy atom. The lowest BCUT2D eigenvalue weighted by Gasteiger charge is -2.33. The Labute approximate surface area is 188 Å². The summed E-state index contributed by atoms with van der Waals surface area (Å²) in [6.07, 6.45) is 3.28. The number of furan rings is 1. The summed E-state index contributed by atoms with van der Waals surface area (Å²) < 4.78 is 5.96. The van der Waals surface area contributed by atoms with Gasteiger partial charge in [0.2, 0.25) is 11.7 Å². The topological polar surface area (TPSA) is 87.5 Å². The summed E-state index contributed by atoms with van der Waals surface area (Å²) in [5.41, 5.74) is 2.92. The van der Waals surface area contributed by atoms with Crippen LogP contribution in [0.5, 0.6) is 0 Å². The molecular weight excluding hydrogens is 404 g/mol. The van der Waals surface area contributed by atoms with Crippen LogP contribution in [-0.2, 0) is 4.79 Å². The number of aromatic nitrogens is 1. The van der Waals surface area contributed by atoms with E-state index in [0.29, 0.717) is 23.1 Å². The molecule has 0 atom stereocenters. The van der Waals surface area contributed by atoms with E-state index >= 15 is 0 Å². The van der Waals surface area contributed by atoms with Crippen molar-refractivity contribution in [1.29, 1.82) is 0 Å². The van der Waals surface area contributed by atoms with Crippen LogP contribution in [-0.4, -0.2) is 40.8 Å². The highest BCUT2D eigenvalue weighted by molar-refractivity contribution is 6.14. The van der Waals surface area contributed by atoms with E-state index in [1.54, 1.807) is 12.3 Å². The van der Waals surface area contributed by atoms with E-state index in [-0.39, 0.29) is 17.6 Å². The zero-order valence-corrected chi connectivity index (χ0v) is 19.1. The second-order valence-corrected chi connectivity index (χ2v) is 8.83. The van der Waals surface area contributed by atoms with E-state index in [2.05, 4.69) is 34.4 Å². The predicted octanol–water partition coefficient (Wildman–Crippen LogP) is 4.76. The molecule has 4 rings (SSSR count). The summed E-state index contributed by atoms with van der Waals surface area (Å²) >= 11 is 0. The average Bonchev–Trinajstić information content (AvgIpc) is 3.15. The summed E-state index contributed by atoms with van der Waals surface area (Å²) in [6, 6.07) is 9.77. The van der Waals surface area contributed by atoms with Gasteiger partial charge in [0.15, 0.2) is 0 Å². The van der Waals surface area contributed by atoms with Crippen molar-refractivity contribution in [2.75, 3.05) is 23.7 Å². The van der Waals surface area contributed by atoms with Crippen LogP contribution in [0, 0.1) is 19.8 Å². The Balaban J connectivity index is 1.60. The number of hydrogen-bond acceptors (Lipinski definition) is 5. The molecule has 3 heterocycles. The molecule has 3 aromatic rings. The summed E-state index contributed by atoms with van der Waals surface area (Å²) in [5.74, 6) is -0.0859. The van der Waals surface area contributed by atoms with Crippen LogP contribution >= 0.6 is 0 Å². The lowest BCUT2D eigenvalue weighted by molar-refractivity contribution is -0.121. The molecule has 0 aliphatic carbocycles. The second-order valence-electron chi connectivity index (χ2n) is 8.83. The first-order valence-electron chi connectivity index (χ1n) is 11.1. The zero-order valence-electron chi connectivity index (χ0n) is 19.1. The van der Waals surface area contributed by atoms with Gasteiger partial charge in [-0.15, -0.1) is 0 Å². The second kappa shape index (κ2) is 9.12. The lowest BCUT2D eigenvalue weighted by atomic mass is 9.95. The van der Waals surface area contributed by atoms with Gasteiger partial charge in [-0.05, 0) is 76.9 Å². The third-order valence-corrected chi connectivity index (χ3v) is 6.15. The van der Waals surface area contributed by atoms with Crippen molar-refractivity contribution < 1.29 is 14.0 Å².